The van der Waals surface area contributed by atoms with Gasteiger partial charge in [0.05, 0.1) is 21.3 Å². The van der Waals surface area contributed by atoms with Crippen molar-refractivity contribution in [2.24, 2.45) is 0 Å². The SMILES string of the molecule is Cc1ccc(S(=O)(=O)N2CCN(c3c(Cl)cccc3NC(=S)NC(=O)c3ccccc3)CC2)cc1. The van der Waals surface area contributed by atoms with E-state index >= 15 is 0 Å². The van der Waals surface area contributed by atoms with E-state index < -0.39 is 10.0 Å². The first-order valence-corrected chi connectivity index (χ1v) is 13.3. The highest BCUT2D eigenvalue weighted by molar-refractivity contribution is 7.89. The van der Waals surface area contributed by atoms with Gasteiger partial charge in [0.25, 0.3) is 5.91 Å². The van der Waals surface area contributed by atoms with Gasteiger partial charge in [-0.2, -0.15) is 4.31 Å². The molecule has 0 bridgehead atoms. The van der Waals surface area contributed by atoms with E-state index in [1.54, 1.807) is 60.7 Å². The van der Waals surface area contributed by atoms with E-state index in [2.05, 4.69) is 10.6 Å². The van der Waals surface area contributed by atoms with Crippen molar-refractivity contribution in [2.75, 3.05) is 36.4 Å². The summed E-state index contributed by atoms with van der Waals surface area (Å²) in [5.74, 6) is -0.318. The van der Waals surface area contributed by atoms with Gasteiger partial charge in [-0.05, 0) is 55.5 Å². The molecule has 3 aromatic carbocycles. The summed E-state index contributed by atoms with van der Waals surface area (Å²) >= 11 is 11.9. The van der Waals surface area contributed by atoms with Crippen LogP contribution in [0.15, 0.2) is 77.7 Å². The van der Waals surface area contributed by atoms with Crippen LogP contribution in [-0.4, -0.2) is 49.9 Å². The summed E-state index contributed by atoms with van der Waals surface area (Å²) < 4.78 is 27.6. The van der Waals surface area contributed by atoms with Crippen molar-refractivity contribution >= 4 is 56.2 Å². The van der Waals surface area contributed by atoms with Gasteiger partial charge < -0.3 is 10.2 Å². The zero-order chi connectivity index (χ0) is 25.0. The maximum atomic E-state index is 13.1. The van der Waals surface area contributed by atoms with Gasteiger partial charge in [0.2, 0.25) is 10.0 Å². The number of nitrogens with zero attached hydrogens (tertiary/aromatic N) is 2. The van der Waals surface area contributed by atoms with Gasteiger partial charge in [-0.15, -0.1) is 0 Å². The largest absolute Gasteiger partial charge is 0.366 e. The summed E-state index contributed by atoms with van der Waals surface area (Å²) in [6.45, 7) is 3.45. The molecular weight excluding hydrogens is 504 g/mol. The van der Waals surface area contributed by atoms with E-state index in [4.69, 9.17) is 23.8 Å². The van der Waals surface area contributed by atoms with Crippen molar-refractivity contribution in [2.45, 2.75) is 11.8 Å². The number of rotatable bonds is 5. The molecule has 0 unspecified atom stereocenters. The summed E-state index contributed by atoms with van der Waals surface area (Å²) in [6.07, 6.45) is 0. The number of hydrogen-bond donors (Lipinski definition) is 2. The number of nitrogens with one attached hydrogen (secondary N) is 2. The Morgan fingerprint density at radius 2 is 1.57 bits per heavy atom. The number of carbonyl (C=O) groups excluding carboxylic acids is 1. The Kier molecular flexibility index (Phi) is 7.71. The lowest BCUT2D eigenvalue weighted by atomic mass is 10.2. The van der Waals surface area contributed by atoms with Gasteiger partial charge in [0, 0.05) is 31.7 Å². The summed E-state index contributed by atoms with van der Waals surface area (Å²) in [5, 5.41) is 6.38. The van der Waals surface area contributed by atoms with Crippen molar-refractivity contribution in [1.29, 1.82) is 0 Å². The predicted molar refractivity (Wildman–Crippen MR) is 144 cm³/mol. The van der Waals surface area contributed by atoms with Crippen LogP contribution in [0.1, 0.15) is 15.9 Å². The molecule has 1 saturated heterocycles. The maximum absolute atomic E-state index is 13.1. The molecule has 2 N–H and O–H groups in total. The lowest BCUT2D eigenvalue weighted by Crippen LogP contribution is -2.49. The molecule has 1 fully saturated rings. The third-order valence-corrected chi connectivity index (χ3v) is 8.13. The van der Waals surface area contributed by atoms with Crippen LogP contribution in [0.3, 0.4) is 0 Å². The third kappa shape index (κ3) is 5.82. The number of benzene rings is 3. The minimum atomic E-state index is -3.57. The fraction of sp³-hybridized carbons (Fsp3) is 0.200. The minimum Gasteiger partial charge on any atom is -0.366 e. The topological polar surface area (TPSA) is 81.8 Å². The highest BCUT2D eigenvalue weighted by Crippen LogP contribution is 2.35. The molecule has 4 rings (SSSR count). The molecule has 0 aliphatic carbocycles. The van der Waals surface area contributed by atoms with Crippen LogP contribution in [-0.2, 0) is 10.0 Å². The first-order valence-electron chi connectivity index (χ1n) is 11.0. The Bertz CT molecular complexity index is 1320. The van der Waals surface area contributed by atoms with Crippen LogP contribution >= 0.6 is 23.8 Å². The lowest BCUT2D eigenvalue weighted by molar-refractivity contribution is 0.0977. The third-order valence-electron chi connectivity index (χ3n) is 5.71. The first kappa shape index (κ1) is 25.1. The van der Waals surface area contributed by atoms with E-state index in [1.807, 2.05) is 24.0 Å². The molecular formula is C25H25ClN4O3S2. The quantitative estimate of drug-likeness (QED) is 0.481. The highest BCUT2D eigenvalue weighted by Gasteiger charge is 2.30. The average molecular weight is 529 g/mol. The van der Waals surface area contributed by atoms with E-state index in [0.29, 0.717) is 48.1 Å². The second kappa shape index (κ2) is 10.7. The van der Waals surface area contributed by atoms with Crippen LogP contribution in [0, 0.1) is 6.92 Å². The Morgan fingerprint density at radius 1 is 0.914 bits per heavy atom. The van der Waals surface area contributed by atoms with Gasteiger partial charge in [-0.3, -0.25) is 10.1 Å². The van der Waals surface area contributed by atoms with E-state index in [0.717, 1.165) is 5.56 Å². The fourth-order valence-electron chi connectivity index (χ4n) is 3.87. The molecule has 7 nitrogen and oxygen atoms in total. The molecule has 0 spiro atoms. The zero-order valence-corrected chi connectivity index (χ0v) is 21.5. The zero-order valence-electron chi connectivity index (χ0n) is 19.1. The average Bonchev–Trinajstić information content (AvgIpc) is 2.85. The van der Waals surface area contributed by atoms with Gasteiger partial charge in [-0.25, -0.2) is 8.42 Å². The van der Waals surface area contributed by atoms with E-state index in [-0.39, 0.29) is 15.9 Å². The number of aryl methyl sites for hydroxylation is 1. The van der Waals surface area contributed by atoms with Crippen molar-refractivity contribution < 1.29 is 13.2 Å². The molecule has 182 valence electrons. The second-order valence-electron chi connectivity index (χ2n) is 8.11. The van der Waals surface area contributed by atoms with Crippen LogP contribution < -0.4 is 15.5 Å². The molecule has 0 atom stereocenters. The molecule has 0 radical (unpaired) electrons. The Hall–Kier alpha value is -2.98. The van der Waals surface area contributed by atoms with Crippen molar-refractivity contribution in [3.63, 3.8) is 0 Å². The van der Waals surface area contributed by atoms with Crippen molar-refractivity contribution in [1.82, 2.24) is 9.62 Å². The van der Waals surface area contributed by atoms with Gasteiger partial charge >= 0.3 is 0 Å². The summed E-state index contributed by atoms with van der Waals surface area (Å²) in [7, 11) is -3.57. The number of hydrogen-bond acceptors (Lipinski definition) is 5. The molecule has 1 aliphatic heterocycles. The molecule has 10 heteroatoms. The van der Waals surface area contributed by atoms with E-state index in [1.165, 1.54) is 4.31 Å². The van der Waals surface area contributed by atoms with E-state index in [9.17, 15) is 13.2 Å². The molecule has 35 heavy (non-hydrogen) atoms. The van der Waals surface area contributed by atoms with Gasteiger partial charge in [0.15, 0.2) is 5.11 Å². The normalized spacial score (nSPS) is 14.4. The number of anilines is 2. The van der Waals surface area contributed by atoms with Crippen molar-refractivity contribution in [3.05, 3.63) is 88.9 Å². The monoisotopic (exact) mass is 528 g/mol. The number of halogens is 1. The Labute approximate surface area is 215 Å². The number of carbonyl (C=O) groups is 1. The van der Waals surface area contributed by atoms with Crippen LogP contribution in [0.2, 0.25) is 5.02 Å². The molecule has 1 amide bonds. The standard InChI is InChI=1S/C25H25ClN4O3S2/c1-18-10-12-20(13-11-18)35(32,33)30-16-14-29(15-17-30)23-21(26)8-5-9-22(23)27-25(34)28-24(31)19-6-3-2-4-7-19/h2-13H,14-17H2,1H3,(H2,27,28,31,34). The second-order valence-corrected chi connectivity index (χ2v) is 10.9. The summed E-state index contributed by atoms with van der Waals surface area (Å²) in [4.78, 5) is 14.7. The van der Waals surface area contributed by atoms with Gasteiger partial charge in [-0.1, -0.05) is 53.6 Å². The summed E-state index contributed by atoms with van der Waals surface area (Å²) in [5.41, 5.74) is 2.84. The molecule has 3 aromatic rings. The highest BCUT2D eigenvalue weighted by atomic mass is 35.5. The first-order chi connectivity index (χ1) is 16.8. The number of sulfonamides is 1. The van der Waals surface area contributed by atoms with Crippen molar-refractivity contribution in [3.8, 4) is 0 Å². The summed E-state index contributed by atoms with van der Waals surface area (Å²) in [6, 6.07) is 21.0. The number of piperazine rings is 1. The molecule has 0 aromatic heterocycles. The number of thiocarbonyl (C=S) groups is 1. The van der Waals surface area contributed by atoms with Crippen LogP contribution in [0.4, 0.5) is 11.4 Å². The minimum absolute atomic E-state index is 0.142. The van der Waals surface area contributed by atoms with Gasteiger partial charge in [0.1, 0.15) is 0 Å². The maximum Gasteiger partial charge on any atom is 0.257 e. The van der Waals surface area contributed by atoms with Crippen LogP contribution in [0.5, 0.6) is 0 Å². The fourth-order valence-corrected chi connectivity index (χ4v) is 5.79. The molecule has 1 heterocycles. The molecule has 0 saturated carbocycles. The Balaban J connectivity index is 1.45. The van der Waals surface area contributed by atoms with Crippen LogP contribution in [0.25, 0.3) is 0 Å². The lowest BCUT2D eigenvalue weighted by Gasteiger charge is -2.36. The predicted octanol–water partition coefficient (Wildman–Crippen LogP) is 4.29. The Morgan fingerprint density at radius 3 is 2.23 bits per heavy atom. The number of amides is 1. The number of para-hydroxylation sites is 1. The smallest absolute Gasteiger partial charge is 0.257 e. The molecule has 1 aliphatic rings.